The van der Waals surface area contributed by atoms with Crippen molar-refractivity contribution in [2.24, 2.45) is 0 Å². The normalized spacial score (nSPS) is 15.2. The zero-order valence-electron chi connectivity index (χ0n) is 19.7. The van der Waals surface area contributed by atoms with E-state index < -0.39 is 0 Å². The molecule has 0 radical (unpaired) electrons. The van der Waals surface area contributed by atoms with E-state index in [-0.39, 0.29) is 22.9 Å². The van der Waals surface area contributed by atoms with E-state index in [1.807, 2.05) is 13.0 Å². The lowest BCUT2D eigenvalue weighted by Gasteiger charge is -2.22. The minimum Gasteiger partial charge on any atom is -0.504 e. The standard InChI is InChI=1S/C26H41NO3/c1-6-8-10-15-21-23(27-18-11-9-7-2)24(28)22(26(30)25(21)29)17-16-20(5)14-12-13-19(3)4/h13,16,27,30H,6-12,14-15,17-18H2,1-5H3. The van der Waals surface area contributed by atoms with Gasteiger partial charge in [0, 0.05) is 12.1 Å². The van der Waals surface area contributed by atoms with Gasteiger partial charge in [0.05, 0.1) is 11.3 Å². The molecule has 4 heteroatoms. The Balaban J connectivity index is 2.99. The zero-order chi connectivity index (χ0) is 22.5. The molecule has 0 spiro atoms. The predicted octanol–water partition coefficient (Wildman–Crippen LogP) is 6.65. The molecule has 30 heavy (non-hydrogen) atoms. The van der Waals surface area contributed by atoms with Gasteiger partial charge in [-0.3, -0.25) is 9.59 Å². The van der Waals surface area contributed by atoms with Gasteiger partial charge < -0.3 is 10.4 Å². The Morgan fingerprint density at radius 2 is 1.57 bits per heavy atom. The highest BCUT2D eigenvalue weighted by Gasteiger charge is 2.33. The molecule has 0 bridgehead atoms. The minimum atomic E-state index is -0.380. The van der Waals surface area contributed by atoms with Crippen molar-refractivity contribution in [1.82, 2.24) is 5.32 Å². The van der Waals surface area contributed by atoms with Gasteiger partial charge in [-0.25, -0.2) is 0 Å². The van der Waals surface area contributed by atoms with Crippen LogP contribution in [0.3, 0.4) is 0 Å². The first-order chi connectivity index (χ1) is 14.3. The quantitative estimate of drug-likeness (QED) is 0.189. The number of Topliss-reactive ketones (excluding diaryl/α,β-unsaturated/α-hetero) is 2. The van der Waals surface area contributed by atoms with Crippen molar-refractivity contribution in [1.29, 1.82) is 0 Å². The molecule has 0 unspecified atom stereocenters. The number of aliphatic hydroxyl groups excluding tert-OH is 1. The first-order valence-corrected chi connectivity index (χ1v) is 11.6. The van der Waals surface area contributed by atoms with Crippen LogP contribution in [0, 0.1) is 0 Å². The second-order valence-electron chi connectivity index (χ2n) is 8.50. The maximum absolute atomic E-state index is 13.2. The summed E-state index contributed by atoms with van der Waals surface area (Å²) in [5.74, 6) is -0.961. The van der Waals surface area contributed by atoms with Gasteiger partial charge in [-0.05, 0) is 59.3 Å². The smallest absolute Gasteiger partial charge is 0.225 e. The van der Waals surface area contributed by atoms with Crippen molar-refractivity contribution in [2.75, 3.05) is 6.54 Å². The summed E-state index contributed by atoms with van der Waals surface area (Å²) in [5.41, 5.74) is 3.53. The molecule has 0 heterocycles. The number of aliphatic hydroxyl groups is 1. The van der Waals surface area contributed by atoms with Gasteiger partial charge in [-0.1, -0.05) is 62.8 Å². The van der Waals surface area contributed by atoms with E-state index in [0.29, 0.717) is 30.7 Å². The molecule has 0 amide bonds. The molecule has 0 aliphatic heterocycles. The lowest BCUT2D eigenvalue weighted by atomic mass is 9.87. The number of unbranched alkanes of at least 4 members (excludes halogenated alkanes) is 4. The van der Waals surface area contributed by atoms with Crippen LogP contribution < -0.4 is 5.32 Å². The van der Waals surface area contributed by atoms with Crippen LogP contribution in [0.2, 0.25) is 0 Å². The van der Waals surface area contributed by atoms with Crippen molar-refractivity contribution in [3.05, 3.63) is 45.9 Å². The maximum Gasteiger partial charge on any atom is 0.225 e. The monoisotopic (exact) mass is 415 g/mol. The van der Waals surface area contributed by atoms with E-state index >= 15 is 0 Å². The molecule has 0 atom stereocenters. The summed E-state index contributed by atoms with van der Waals surface area (Å²) in [6.45, 7) is 11.1. The number of carbonyl (C=O) groups is 2. The molecule has 2 N–H and O–H groups in total. The van der Waals surface area contributed by atoms with Crippen molar-refractivity contribution >= 4 is 11.6 Å². The molecule has 0 aromatic rings. The fourth-order valence-electron chi connectivity index (χ4n) is 3.51. The topological polar surface area (TPSA) is 66.4 Å². The number of rotatable bonds is 14. The molecular weight excluding hydrogens is 374 g/mol. The summed E-state index contributed by atoms with van der Waals surface area (Å²) in [4.78, 5) is 26.1. The van der Waals surface area contributed by atoms with Gasteiger partial charge in [0.2, 0.25) is 11.6 Å². The highest BCUT2D eigenvalue weighted by Crippen LogP contribution is 2.28. The molecule has 1 aliphatic carbocycles. The van der Waals surface area contributed by atoms with Crippen LogP contribution in [-0.4, -0.2) is 23.2 Å². The summed E-state index contributed by atoms with van der Waals surface area (Å²) in [5, 5.41) is 13.8. The largest absolute Gasteiger partial charge is 0.504 e. The highest BCUT2D eigenvalue weighted by molar-refractivity contribution is 6.24. The number of ketones is 2. The van der Waals surface area contributed by atoms with E-state index in [1.165, 1.54) is 5.57 Å². The van der Waals surface area contributed by atoms with E-state index in [2.05, 4.69) is 39.1 Å². The summed E-state index contributed by atoms with van der Waals surface area (Å²) < 4.78 is 0. The molecule has 4 nitrogen and oxygen atoms in total. The molecule has 0 aromatic carbocycles. The summed E-state index contributed by atoms with van der Waals surface area (Å²) in [7, 11) is 0. The maximum atomic E-state index is 13.2. The Morgan fingerprint density at radius 3 is 2.20 bits per heavy atom. The van der Waals surface area contributed by atoms with Crippen LogP contribution in [0.15, 0.2) is 45.9 Å². The summed E-state index contributed by atoms with van der Waals surface area (Å²) in [6, 6.07) is 0. The number of hydrogen-bond donors (Lipinski definition) is 2. The first-order valence-electron chi connectivity index (χ1n) is 11.6. The molecule has 0 fully saturated rings. The van der Waals surface area contributed by atoms with Crippen LogP contribution in [0.1, 0.15) is 98.8 Å². The van der Waals surface area contributed by atoms with Gasteiger partial charge in [0.25, 0.3) is 0 Å². The van der Waals surface area contributed by atoms with Gasteiger partial charge in [0.15, 0.2) is 5.76 Å². The number of nitrogens with one attached hydrogen (secondary N) is 1. The van der Waals surface area contributed by atoms with Crippen LogP contribution in [0.5, 0.6) is 0 Å². The second-order valence-corrected chi connectivity index (χ2v) is 8.50. The van der Waals surface area contributed by atoms with E-state index in [9.17, 15) is 14.7 Å². The van der Waals surface area contributed by atoms with Crippen molar-refractivity contribution in [3.8, 4) is 0 Å². The second kappa shape index (κ2) is 14.0. The van der Waals surface area contributed by atoms with Gasteiger partial charge in [-0.2, -0.15) is 0 Å². The Hall–Kier alpha value is -2.10. The molecule has 0 saturated carbocycles. The molecule has 168 valence electrons. The van der Waals surface area contributed by atoms with E-state index in [1.54, 1.807) is 0 Å². The average molecular weight is 416 g/mol. The molecule has 0 aromatic heterocycles. The van der Waals surface area contributed by atoms with E-state index in [0.717, 1.165) is 56.9 Å². The summed E-state index contributed by atoms with van der Waals surface area (Å²) >= 11 is 0. The van der Waals surface area contributed by atoms with Crippen LogP contribution >= 0.6 is 0 Å². The Bertz CT molecular complexity index is 719. The Labute approximate surface area is 183 Å². The fraction of sp³-hybridized carbons (Fsp3) is 0.615. The third-order valence-corrected chi connectivity index (χ3v) is 5.44. The molecule has 1 rings (SSSR count). The van der Waals surface area contributed by atoms with Crippen LogP contribution in [0.4, 0.5) is 0 Å². The molecular formula is C26H41NO3. The van der Waals surface area contributed by atoms with Gasteiger partial charge in [-0.15, -0.1) is 0 Å². The molecule has 1 aliphatic rings. The SMILES string of the molecule is CCCCCNC1=C(CCCCC)C(=O)C(O)=C(CC=C(C)CCC=C(C)C)C1=O. The number of hydrogen-bond acceptors (Lipinski definition) is 4. The first kappa shape index (κ1) is 25.9. The van der Waals surface area contributed by atoms with Crippen molar-refractivity contribution < 1.29 is 14.7 Å². The third kappa shape index (κ3) is 8.33. The van der Waals surface area contributed by atoms with Crippen molar-refractivity contribution in [3.63, 3.8) is 0 Å². The highest BCUT2D eigenvalue weighted by atomic mass is 16.3. The fourth-order valence-corrected chi connectivity index (χ4v) is 3.51. The summed E-state index contributed by atoms with van der Waals surface area (Å²) in [6.07, 6.45) is 12.8. The third-order valence-electron chi connectivity index (χ3n) is 5.44. The minimum absolute atomic E-state index is 0.219. The zero-order valence-corrected chi connectivity index (χ0v) is 19.7. The Morgan fingerprint density at radius 1 is 0.900 bits per heavy atom. The number of carbonyl (C=O) groups excluding carboxylic acids is 2. The van der Waals surface area contributed by atoms with Crippen LogP contribution in [0.25, 0.3) is 0 Å². The number of allylic oxidation sites excluding steroid dienone is 6. The average Bonchev–Trinajstić information content (AvgIpc) is 2.70. The van der Waals surface area contributed by atoms with E-state index in [4.69, 9.17) is 0 Å². The predicted molar refractivity (Wildman–Crippen MR) is 125 cm³/mol. The van der Waals surface area contributed by atoms with Crippen molar-refractivity contribution in [2.45, 2.75) is 98.8 Å². The molecule has 0 saturated heterocycles. The lowest BCUT2D eigenvalue weighted by Crippen LogP contribution is -2.32. The van der Waals surface area contributed by atoms with Gasteiger partial charge >= 0.3 is 0 Å². The Kier molecular flexibility index (Phi) is 12.1. The lowest BCUT2D eigenvalue weighted by molar-refractivity contribution is -0.118. The van der Waals surface area contributed by atoms with Crippen LogP contribution in [-0.2, 0) is 9.59 Å². The van der Waals surface area contributed by atoms with Gasteiger partial charge in [0.1, 0.15) is 0 Å².